The molecule has 47 heavy (non-hydrogen) atoms. The fourth-order valence-electron chi connectivity index (χ4n) is 6.37. The largest absolute Gasteiger partial charge is 0.456 e. The quantitative estimate of drug-likeness (QED) is 0.189. The van der Waals surface area contributed by atoms with Gasteiger partial charge in [-0.15, -0.1) is 0 Å². The van der Waals surface area contributed by atoms with Gasteiger partial charge in [0, 0.05) is 45.5 Å². The number of benzene rings is 7. The first-order valence-corrected chi connectivity index (χ1v) is 15.7. The van der Waals surface area contributed by atoms with Crippen LogP contribution in [0.2, 0.25) is 0 Å². The average Bonchev–Trinajstić information content (AvgIpc) is 3.72. The number of nitrogens with zero attached hydrogens (tertiary/aromatic N) is 2. The minimum Gasteiger partial charge on any atom is -0.456 e. The van der Waals surface area contributed by atoms with Gasteiger partial charge in [0.2, 0.25) is 5.89 Å². The molecule has 9 rings (SSSR count). The Morgan fingerprint density at radius 2 is 0.936 bits per heavy atom. The monoisotopic (exact) mass is 604 g/mol. The molecule has 7 aromatic carbocycles. The van der Waals surface area contributed by atoms with Crippen LogP contribution in [0.5, 0.6) is 0 Å². The average molecular weight is 605 g/mol. The van der Waals surface area contributed by atoms with E-state index in [2.05, 4.69) is 126 Å². The highest BCUT2D eigenvalue weighted by molar-refractivity contribution is 6.09. The molecule has 0 N–H and O–H groups in total. The van der Waals surface area contributed by atoms with E-state index in [4.69, 9.17) is 13.8 Å². The number of para-hydroxylation sites is 1. The summed E-state index contributed by atoms with van der Waals surface area (Å²) >= 11 is 0. The number of hydrogen-bond acceptors (Lipinski definition) is 4. The molecule has 0 amide bonds. The molecule has 4 nitrogen and oxygen atoms in total. The van der Waals surface area contributed by atoms with E-state index in [1.165, 1.54) is 22.3 Å². The molecular formula is C43H28N2O2. The lowest BCUT2D eigenvalue weighted by atomic mass is 9.99. The third-order valence-electron chi connectivity index (χ3n) is 8.69. The van der Waals surface area contributed by atoms with Crippen LogP contribution in [-0.2, 0) is 0 Å². The van der Waals surface area contributed by atoms with Crippen molar-refractivity contribution >= 4 is 50.1 Å². The van der Waals surface area contributed by atoms with Crippen LogP contribution in [0.1, 0.15) is 0 Å². The highest BCUT2D eigenvalue weighted by Crippen LogP contribution is 2.40. The molecule has 0 aliphatic carbocycles. The molecule has 9 aromatic rings. The van der Waals surface area contributed by atoms with Crippen LogP contribution in [-0.4, -0.2) is 4.98 Å². The number of aromatic nitrogens is 1. The minimum absolute atomic E-state index is 0.605. The summed E-state index contributed by atoms with van der Waals surface area (Å²) in [6.45, 7) is 0. The zero-order valence-electron chi connectivity index (χ0n) is 25.4. The van der Waals surface area contributed by atoms with E-state index in [0.29, 0.717) is 11.5 Å². The highest BCUT2D eigenvalue weighted by Gasteiger charge is 2.17. The molecule has 0 saturated carbocycles. The lowest BCUT2D eigenvalue weighted by molar-refractivity contribution is 0.617. The molecule has 0 bridgehead atoms. The standard InChI is InChI=1S/C43H28N2O2/c1-4-11-29(12-5-1)32-15-10-16-33(25-32)30-19-21-35(22-20-30)45(34-17-8-3-9-18-34)36-23-24-37-38-27-39-42(28-41(38)46-40(37)26-36)47-43(44-39)31-13-6-2-7-14-31/h1-28H. The van der Waals surface area contributed by atoms with Crippen molar-refractivity contribution in [2.24, 2.45) is 0 Å². The van der Waals surface area contributed by atoms with Gasteiger partial charge in [0.15, 0.2) is 5.58 Å². The van der Waals surface area contributed by atoms with Gasteiger partial charge in [0.1, 0.15) is 16.7 Å². The number of furan rings is 1. The van der Waals surface area contributed by atoms with Crippen LogP contribution in [0.15, 0.2) is 179 Å². The molecule has 222 valence electrons. The molecule has 0 unspecified atom stereocenters. The second-order valence-electron chi connectivity index (χ2n) is 11.6. The fourth-order valence-corrected chi connectivity index (χ4v) is 6.37. The molecular weight excluding hydrogens is 576 g/mol. The summed E-state index contributed by atoms with van der Waals surface area (Å²) in [4.78, 5) is 7.04. The Bertz CT molecular complexity index is 2500. The molecule has 0 fully saturated rings. The zero-order valence-corrected chi connectivity index (χ0v) is 25.4. The van der Waals surface area contributed by atoms with Crippen molar-refractivity contribution in [2.75, 3.05) is 4.90 Å². The maximum Gasteiger partial charge on any atom is 0.227 e. The van der Waals surface area contributed by atoms with E-state index in [1.807, 2.05) is 48.5 Å². The maximum atomic E-state index is 6.45. The molecule has 2 heterocycles. The predicted octanol–water partition coefficient (Wildman–Crippen LogP) is 12.2. The third-order valence-corrected chi connectivity index (χ3v) is 8.69. The van der Waals surface area contributed by atoms with Crippen molar-refractivity contribution in [2.45, 2.75) is 0 Å². The summed E-state index contributed by atoms with van der Waals surface area (Å²) in [6, 6.07) is 58.8. The summed E-state index contributed by atoms with van der Waals surface area (Å²) in [6.07, 6.45) is 0. The van der Waals surface area contributed by atoms with Gasteiger partial charge < -0.3 is 13.7 Å². The number of rotatable bonds is 6. The summed E-state index contributed by atoms with van der Waals surface area (Å²) in [5.41, 5.74) is 11.9. The van der Waals surface area contributed by atoms with Crippen molar-refractivity contribution in [3.8, 4) is 33.7 Å². The SMILES string of the molecule is c1ccc(-c2cccc(-c3ccc(N(c4ccccc4)c4ccc5c(c4)oc4cc6oc(-c7ccccc7)nc6cc45)cc3)c2)cc1. The van der Waals surface area contributed by atoms with E-state index in [-0.39, 0.29) is 0 Å². The summed E-state index contributed by atoms with van der Waals surface area (Å²) < 4.78 is 12.6. The first-order valence-electron chi connectivity index (χ1n) is 15.7. The van der Waals surface area contributed by atoms with Crippen LogP contribution >= 0.6 is 0 Å². The normalized spacial score (nSPS) is 11.4. The van der Waals surface area contributed by atoms with Crippen LogP contribution in [0.4, 0.5) is 17.1 Å². The van der Waals surface area contributed by atoms with Gasteiger partial charge in [0.25, 0.3) is 0 Å². The zero-order chi connectivity index (χ0) is 31.2. The molecule has 0 saturated heterocycles. The van der Waals surface area contributed by atoms with Gasteiger partial charge in [-0.2, -0.15) is 0 Å². The minimum atomic E-state index is 0.605. The van der Waals surface area contributed by atoms with Crippen molar-refractivity contribution < 1.29 is 8.83 Å². The van der Waals surface area contributed by atoms with Gasteiger partial charge >= 0.3 is 0 Å². The van der Waals surface area contributed by atoms with Crippen molar-refractivity contribution in [1.82, 2.24) is 4.98 Å². The lowest BCUT2D eigenvalue weighted by Gasteiger charge is -2.25. The second kappa shape index (κ2) is 11.2. The van der Waals surface area contributed by atoms with Crippen LogP contribution in [0, 0.1) is 0 Å². The van der Waals surface area contributed by atoms with E-state index in [9.17, 15) is 0 Å². The molecule has 0 aliphatic rings. The van der Waals surface area contributed by atoms with Crippen molar-refractivity contribution in [3.05, 3.63) is 170 Å². The summed E-state index contributed by atoms with van der Waals surface area (Å²) in [7, 11) is 0. The summed E-state index contributed by atoms with van der Waals surface area (Å²) in [5, 5.41) is 2.05. The van der Waals surface area contributed by atoms with Crippen molar-refractivity contribution in [1.29, 1.82) is 0 Å². The second-order valence-corrected chi connectivity index (χ2v) is 11.6. The van der Waals surface area contributed by atoms with Gasteiger partial charge in [0.05, 0.1) is 0 Å². The smallest absolute Gasteiger partial charge is 0.227 e. The molecule has 0 aliphatic heterocycles. The number of fused-ring (bicyclic) bond motifs is 4. The Labute approximate surface area is 271 Å². The number of hydrogen-bond donors (Lipinski definition) is 0. The van der Waals surface area contributed by atoms with E-state index in [1.54, 1.807) is 0 Å². The maximum absolute atomic E-state index is 6.45. The molecule has 0 spiro atoms. The summed E-state index contributed by atoms with van der Waals surface area (Å²) in [5.74, 6) is 0.605. The third kappa shape index (κ3) is 4.93. The molecule has 0 radical (unpaired) electrons. The molecule has 2 aromatic heterocycles. The molecule has 0 atom stereocenters. The van der Waals surface area contributed by atoms with Gasteiger partial charge in [-0.3, -0.25) is 0 Å². The van der Waals surface area contributed by atoms with Gasteiger partial charge in [-0.05, 0) is 82.9 Å². The van der Waals surface area contributed by atoms with E-state index in [0.717, 1.165) is 50.1 Å². The fraction of sp³-hybridized carbons (Fsp3) is 0. The van der Waals surface area contributed by atoms with Crippen molar-refractivity contribution in [3.63, 3.8) is 0 Å². The van der Waals surface area contributed by atoms with Gasteiger partial charge in [-0.25, -0.2) is 4.98 Å². The van der Waals surface area contributed by atoms with E-state index >= 15 is 0 Å². The first-order chi connectivity index (χ1) is 23.3. The Hall–Kier alpha value is -6.39. The highest BCUT2D eigenvalue weighted by atomic mass is 16.4. The lowest BCUT2D eigenvalue weighted by Crippen LogP contribution is -2.09. The van der Waals surface area contributed by atoms with E-state index < -0.39 is 0 Å². The topological polar surface area (TPSA) is 42.4 Å². The number of oxazole rings is 1. The molecule has 4 heteroatoms. The first kappa shape index (κ1) is 27.0. The van der Waals surface area contributed by atoms with Crippen LogP contribution < -0.4 is 4.90 Å². The Morgan fingerprint density at radius 1 is 0.362 bits per heavy atom. The van der Waals surface area contributed by atoms with Gasteiger partial charge in [-0.1, -0.05) is 97.1 Å². The number of anilines is 3. The Kier molecular flexibility index (Phi) is 6.43. The predicted molar refractivity (Wildman–Crippen MR) is 192 cm³/mol. The van der Waals surface area contributed by atoms with Crippen LogP contribution in [0.25, 0.3) is 66.7 Å². The Morgan fingerprint density at radius 3 is 1.66 bits per heavy atom. The Balaban J connectivity index is 1.09. The van der Waals surface area contributed by atoms with Crippen LogP contribution in [0.3, 0.4) is 0 Å².